The molecule has 1 fully saturated rings. The van der Waals surface area contributed by atoms with Crippen molar-refractivity contribution >= 4 is 17.9 Å². The predicted octanol–water partition coefficient (Wildman–Crippen LogP) is 1.81. The van der Waals surface area contributed by atoms with E-state index in [1.807, 2.05) is 31.2 Å². The fourth-order valence-electron chi connectivity index (χ4n) is 1.78. The van der Waals surface area contributed by atoms with Crippen LogP contribution < -0.4 is 10.1 Å². The largest absolute Gasteiger partial charge is 0.493 e. The van der Waals surface area contributed by atoms with Crippen LogP contribution in [0.3, 0.4) is 0 Å². The number of carbonyl (C=O) groups excluding carboxylic acids is 1. The summed E-state index contributed by atoms with van der Waals surface area (Å²) in [6, 6.07) is 7.55. The van der Waals surface area contributed by atoms with E-state index in [1.165, 1.54) is 4.90 Å². The molecule has 0 spiro atoms. The Morgan fingerprint density at radius 2 is 2.16 bits per heavy atom. The van der Waals surface area contributed by atoms with Gasteiger partial charge in [0.15, 0.2) is 0 Å². The first-order chi connectivity index (χ1) is 9.13. The number of hydrogen-bond acceptors (Lipinski definition) is 3. The van der Waals surface area contributed by atoms with E-state index < -0.39 is 0 Å². The number of nitrogens with zero attached hydrogens (tertiary/aromatic N) is 1. The van der Waals surface area contributed by atoms with Crippen LogP contribution in [0.5, 0.6) is 5.75 Å². The van der Waals surface area contributed by atoms with Crippen molar-refractivity contribution in [1.29, 1.82) is 5.41 Å². The Morgan fingerprint density at radius 1 is 1.42 bits per heavy atom. The molecule has 1 aromatic rings. The summed E-state index contributed by atoms with van der Waals surface area (Å²) in [6.45, 7) is 2.68. The van der Waals surface area contributed by atoms with Gasteiger partial charge in [0, 0.05) is 12.6 Å². The van der Waals surface area contributed by atoms with Crippen molar-refractivity contribution in [3.63, 3.8) is 0 Å². The lowest BCUT2D eigenvalue weighted by molar-refractivity contribution is -0.115. The molecule has 100 valence electrons. The zero-order valence-electron chi connectivity index (χ0n) is 11.1. The molecular formula is C14H17N3O2. The van der Waals surface area contributed by atoms with Crippen LogP contribution in [-0.4, -0.2) is 30.4 Å². The molecule has 0 aromatic heterocycles. The Balaban J connectivity index is 2.32. The third-order valence-corrected chi connectivity index (χ3v) is 2.83. The van der Waals surface area contributed by atoms with Gasteiger partial charge < -0.3 is 9.64 Å². The van der Waals surface area contributed by atoms with Crippen LogP contribution in [0.4, 0.5) is 0 Å². The zero-order valence-corrected chi connectivity index (χ0v) is 11.1. The van der Waals surface area contributed by atoms with Gasteiger partial charge in [-0.2, -0.15) is 0 Å². The Bertz CT molecular complexity index is 537. The van der Waals surface area contributed by atoms with Crippen LogP contribution in [0.1, 0.15) is 18.9 Å². The Labute approximate surface area is 112 Å². The van der Waals surface area contributed by atoms with E-state index in [2.05, 4.69) is 5.32 Å². The quantitative estimate of drug-likeness (QED) is 0.810. The van der Waals surface area contributed by atoms with Gasteiger partial charge in [-0.15, -0.1) is 0 Å². The van der Waals surface area contributed by atoms with Crippen molar-refractivity contribution in [1.82, 2.24) is 10.2 Å². The molecule has 2 rings (SSSR count). The molecular weight excluding hydrogens is 242 g/mol. The van der Waals surface area contributed by atoms with E-state index in [-0.39, 0.29) is 11.9 Å². The number of rotatable bonds is 4. The van der Waals surface area contributed by atoms with Crippen LogP contribution in [0.15, 0.2) is 30.0 Å². The molecule has 5 heteroatoms. The monoisotopic (exact) mass is 259 g/mol. The van der Waals surface area contributed by atoms with Gasteiger partial charge in [0.2, 0.25) is 5.96 Å². The summed E-state index contributed by atoms with van der Waals surface area (Å²) in [5, 5.41) is 10.0. The van der Waals surface area contributed by atoms with Crippen molar-refractivity contribution in [2.75, 3.05) is 13.7 Å². The Hall–Kier alpha value is -2.30. The van der Waals surface area contributed by atoms with Gasteiger partial charge >= 0.3 is 0 Å². The third-order valence-electron chi connectivity index (χ3n) is 2.83. The highest BCUT2D eigenvalue weighted by Crippen LogP contribution is 2.23. The summed E-state index contributed by atoms with van der Waals surface area (Å²) >= 11 is 0. The minimum absolute atomic E-state index is 0.0863. The maximum absolute atomic E-state index is 11.7. The molecule has 0 unspecified atom stereocenters. The van der Waals surface area contributed by atoms with Gasteiger partial charge in [-0.05, 0) is 18.6 Å². The van der Waals surface area contributed by atoms with Gasteiger partial charge in [-0.3, -0.25) is 15.5 Å². The zero-order chi connectivity index (χ0) is 13.8. The number of carbonyl (C=O) groups is 1. The fourth-order valence-corrected chi connectivity index (χ4v) is 1.78. The molecule has 1 saturated heterocycles. The average molecular weight is 259 g/mol. The summed E-state index contributed by atoms with van der Waals surface area (Å²) in [6.07, 6.45) is 2.66. The first kappa shape index (κ1) is 13.1. The molecule has 0 saturated carbocycles. The number of nitrogens with one attached hydrogen (secondary N) is 2. The minimum atomic E-state index is -0.266. The first-order valence-corrected chi connectivity index (χ1v) is 6.20. The predicted molar refractivity (Wildman–Crippen MR) is 73.8 cm³/mol. The lowest BCUT2D eigenvalue weighted by Crippen LogP contribution is -2.25. The van der Waals surface area contributed by atoms with Gasteiger partial charge in [-0.25, -0.2) is 0 Å². The molecule has 0 radical (unpaired) electrons. The molecule has 0 bridgehead atoms. The van der Waals surface area contributed by atoms with Crippen molar-refractivity contribution in [2.45, 2.75) is 13.3 Å². The third kappa shape index (κ3) is 2.76. The van der Waals surface area contributed by atoms with Gasteiger partial charge in [0.25, 0.3) is 5.91 Å². The van der Waals surface area contributed by atoms with Gasteiger partial charge in [-0.1, -0.05) is 25.1 Å². The van der Waals surface area contributed by atoms with Crippen LogP contribution in [-0.2, 0) is 4.79 Å². The normalized spacial score (nSPS) is 16.9. The molecule has 0 aliphatic carbocycles. The number of ether oxygens (including phenoxy) is 1. The van der Waals surface area contributed by atoms with Crippen LogP contribution in [0.2, 0.25) is 0 Å². The standard InChI is InChI=1S/C14H17N3O2/c1-3-8-19-12-7-5-4-6-10(12)9-11-13(18)16-14(15)17(11)2/h4-7,9H,3,8H2,1-2H3,(H2,15,16,18). The van der Waals surface area contributed by atoms with Gasteiger partial charge in [0.1, 0.15) is 11.4 Å². The van der Waals surface area contributed by atoms with Gasteiger partial charge in [0.05, 0.1) is 6.61 Å². The van der Waals surface area contributed by atoms with Crippen LogP contribution in [0.25, 0.3) is 6.08 Å². The van der Waals surface area contributed by atoms with Crippen molar-refractivity contribution < 1.29 is 9.53 Å². The molecule has 0 atom stereocenters. The minimum Gasteiger partial charge on any atom is -0.493 e. The van der Waals surface area contributed by atoms with E-state index >= 15 is 0 Å². The average Bonchev–Trinajstić information content (AvgIpc) is 2.64. The second-order valence-electron chi connectivity index (χ2n) is 4.28. The molecule has 1 aliphatic rings. The van der Waals surface area contributed by atoms with Crippen molar-refractivity contribution in [3.05, 3.63) is 35.5 Å². The first-order valence-electron chi connectivity index (χ1n) is 6.20. The maximum Gasteiger partial charge on any atom is 0.274 e. The number of likely N-dealkylation sites (N-methyl/N-ethyl adjacent to an activating group) is 1. The van der Waals surface area contributed by atoms with Crippen LogP contribution in [0, 0.1) is 5.41 Å². The molecule has 1 amide bonds. The summed E-state index contributed by atoms with van der Waals surface area (Å²) in [7, 11) is 1.68. The second-order valence-corrected chi connectivity index (χ2v) is 4.28. The smallest absolute Gasteiger partial charge is 0.274 e. The molecule has 5 nitrogen and oxygen atoms in total. The molecule has 1 heterocycles. The molecule has 1 aromatic carbocycles. The second kappa shape index (κ2) is 5.56. The lowest BCUT2D eigenvalue weighted by atomic mass is 10.1. The summed E-state index contributed by atoms with van der Waals surface area (Å²) < 4.78 is 5.65. The van der Waals surface area contributed by atoms with E-state index in [1.54, 1.807) is 13.1 Å². The highest BCUT2D eigenvalue weighted by Gasteiger charge is 2.27. The summed E-state index contributed by atoms with van der Waals surface area (Å²) in [4.78, 5) is 13.2. The lowest BCUT2D eigenvalue weighted by Gasteiger charge is -2.11. The van der Waals surface area contributed by atoms with Crippen LogP contribution >= 0.6 is 0 Å². The Morgan fingerprint density at radius 3 is 2.79 bits per heavy atom. The number of guanidine groups is 1. The fraction of sp³-hybridized carbons (Fsp3) is 0.286. The van der Waals surface area contributed by atoms with E-state index in [4.69, 9.17) is 10.1 Å². The topological polar surface area (TPSA) is 65.4 Å². The van der Waals surface area contributed by atoms with Crippen molar-refractivity contribution in [2.24, 2.45) is 0 Å². The SMILES string of the molecule is CCCOc1ccccc1C=C1C(=O)NC(=N)N1C. The molecule has 19 heavy (non-hydrogen) atoms. The Kier molecular flexibility index (Phi) is 3.85. The number of benzene rings is 1. The molecule has 1 aliphatic heterocycles. The van der Waals surface area contributed by atoms with E-state index in [0.29, 0.717) is 12.3 Å². The maximum atomic E-state index is 11.7. The van der Waals surface area contributed by atoms with E-state index in [0.717, 1.165) is 17.7 Å². The highest BCUT2D eigenvalue weighted by molar-refractivity contribution is 6.14. The summed E-state index contributed by atoms with van der Waals surface area (Å²) in [5.41, 5.74) is 1.28. The summed E-state index contributed by atoms with van der Waals surface area (Å²) in [5.74, 6) is 0.567. The molecule has 2 N–H and O–H groups in total. The van der Waals surface area contributed by atoms with Crippen molar-refractivity contribution in [3.8, 4) is 5.75 Å². The number of hydrogen-bond donors (Lipinski definition) is 2. The number of para-hydroxylation sites is 1. The van der Waals surface area contributed by atoms with E-state index in [9.17, 15) is 4.79 Å². The highest BCUT2D eigenvalue weighted by atomic mass is 16.5. The number of amides is 1.